The molecule has 0 fully saturated rings. The van der Waals surface area contributed by atoms with Gasteiger partial charge in [0.1, 0.15) is 5.82 Å². The fourth-order valence-corrected chi connectivity index (χ4v) is 2.04. The molecule has 0 spiro atoms. The number of halogens is 17. The van der Waals surface area contributed by atoms with Crippen molar-refractivity contribution in [2.75, 3.05) is 5.32 Å². The molecular formula is C15H6F17NO. The number of amides is 1. The van der Waals surface area contributed by atoms with Crippen LogP contribution in [0.4, 0.5) is 80.3 Å². The molecule has 0 unspecified atom stereocenters. The summed E-state index contributed by atoms with van der Waals surface area (Å²) in [7, 11) is 0. The Bertz CT molecular complexity index is 910. The molecule has 1 N–H and O–H groups in total. The van der Waals surface area contributed by atoms with Gasteiger partial charge in [-0.2, -0.15) is 61.5 Å². The third kappa shape index (κ3) is 3.89. The zero-order valence-corrected chi connectivity index (χ0v) is 15.2. The van der Waals surface area contributed by atoms with Crippen LogP contribution in [0.1, 0.15) is 0 Å². The molecule has 196 valence electrons. The average molecular weight is 539 g/mol. The fourth-order valence-electron chi connectivity index (χ4n) is 2.04. The third-order valence-corrected chi connectivity index (χ3v) is 4.07. The molecule has 0 saturated carbocycles. The quantitative estimate of drug-likeness (QED) is 0.358. The molecule has 1 amide bonds. The van der Waals surface area contributed by atoms with Gasteiger partial charge in [-0.3, -0.25) is 4.79 Å². The molecule has 1 rings (SSSR count). The second-order valence-electron chi connectivity index (χ2n) is 6.30. The topological polar surface area (TPSA) is 29.1 Å². The molecule has 0 radical (unpaired) electrons. The van der Waals surface area contributed by atoms with E-state index in [0.717, 1.165) is 12.1 Å². The van der Waals surface area contributed by atoms with Gasteiger partial charge in [-0.1, -0.05) is 12.1 Å². The third-order valence-electron chi connectivity index (χ3n) is 4.07. The summed E-state index contributed by atoms with van der Waals surface area (Å²) < 4.78 is 224. The minimum atomic E-state index is -8.62. The molecule has 0 aromatic heterocycles. The first-order chi connectivity index (χ1) is 14.9. The number of benzene rings is 1. The van der Waals surface area contributed by atoms with Crippen molar-refractivity contribution in [3.05, 3.63) is 30.1 Å². The Labute approximate surface area is 175 Å². The van der Waals surface area contributed by atoms with E-state index in [9.17, 15) is 79.4 Å². The first kappa shape index (κ1) is 29.5. The number of hydrogen-bond donors (Lipinski definition) is 1. The number of rotatable bonds is 9. The number of carbonyl (C=O) groups is 1. The number of hydrogen-bond acceptors (Lipinski definition) is 1. The highest BCUT2D eigenvalue weighted by Crippen LogP contribution is 2.62. The smallest absolute Gasteiger partial charge is 0.318 e. The van der Waals surface area contributed by atoms with E-state index in [-0.39, 0.29) is 0 Å². The molecule has 0 aliphatic carbocycles. The SMILES string of the molecule is O=C(Nc1ccccc1F)C(F)(F)C(F)(F)C(F)(F)C(F)(F)C(F)(F)C(F)(F)C(F)(F)C(F)F. The lowest BCUT2D eigenvalue weighted by molar-refractivity contribution is -0.443. The van der Waals surface area contributed by atoms with Crippen LogP contribution in [0.3, 0.4) is 0 Å². The summed E-state index contributed by atoms with van der Waals surface area (Å²) in [6.07, 6.45) is -5.95. The number of alkyl halides is 16. The lowest BCUT2D eigenvalue weighted by Crippen LogP contribution is -2.74. The van der Waals surface area contributed by atoms with Crippen molar-refractivity contribution in [3.63, 3.8) is 0 Å². The van der Waals surface area contributed by atoms with E-state index < -0.39 is 65.3 Å². The standard InChI is InChI=1S/C15H6F17NO/c16-5-3-1-2-4-6(5)33-8(34)10(21,22)12(25,26)14(29,30)15(31,32)13(27,28)11(23,24)9(19,20)7(17)18/h1-4,7H,(H,33,34). The summed E-state index contributed by atoms with van der Waals surface area (Å²) in [6.45, 7) is 0. The van der Waals surface area contributed by atoms with E-state index >= 15 is 0 Å². The lowest BCUT2D eigenvalue weighted by atomic mass is 9.89. The molecule has 0 bridgehead atoms. The Morgan fingerprint density at radius 2 is 1.03 bits per heavy atom. The van der Waals surface area contributed by atoms with Crippen molar-refractivity contribution in [1.82, 2.24) is 0 Å². The van der Waals surface area contributed by atoms with Gasteiger partial charge in [0.15, 0.2) is 0 Å². The Morgan fingerprint density at radius 1 is 0.647 bits per heavy atom. The largest absolute Gasteiger partial charge is 0.393 e. The van der Waals surface area contributed by atoms with Gasteiger partial charge in [-0.05, 0) is 12.1 Å². The number of nitrogens with one attached hydrogen (secondary N) is 1. The molecule has 1 aromatic rings. The summed E-state index contributed by atoms with van der Waals surface area (Å²) in [4.78, 5) is 11.3. The summed E-state index contributed by atoms with van der Waals surface area (Å²) in [5.41, 5.74) is -1.47. The van der Waals surface area contributed by atoms with Crippen LogP contribution in [0.25, 0.3) is 0 Å². The van der Waals surface area contributed by atoms with Crippen LogP contribution in [0.15, 0.2) is 24.3 Å². The van der Waals surface area contributed by atoms with Crippen LogP contribution in [0.2, 0.25) is 0 Å². The van der Waals surface area contributed by atoms with Crippen LogP contribution in [0.5, 0.6) is 0 Å². The minimum absolute atomic E-state index is 0.329. The van der Waals surface area contributed by atoms with E-state index in [0.29, 0.717) is 17.4 Å². The van der Waals surface area contributed by atoms with Crippen molar-refractivity contribution in [2.24, 2.45) is 0 Å². The second kappa shape index (κ2) is 8.31. The van der Waals surface area contributed by atoms with Gasteiger partial charge in [0.2, 0.25) is 0 Å². The van der Waals surface area contributed by atoms with Crippen LogP contribution in [0, 0.1) is 5.82 Å². The maximum Gasteiger partial charge on any atom is 0.393 e. The molecule has 1 aromatic carbocycles. The van der Waals surface area contributed by atoms with Gasteiger partial charge in [-0.25, -0.2) is 13.2 Å². The minimum Gasteiger partial charge on any atom is -0.318 e. The van der Waals surface area contributed by atoms with Crippen molar-refractivity contribution in [1.29, 1.82) is 0 Å². The molecule has 0 aliphatic rings. The maximum atomic E-state index is 13.7. The van der Waals surface area contributed by atoms with Crippen molar-refractivity contribution in [2.45, 2.75) is 47.9 Å². The van der Waals surface area contributed by atoms with Gasteiger partial charge >= 0.3 is 53.8 Å². The van der Waals surface area contributed by atoms with E-state index in [1.54, 1.807) is 0 Å². The first-order valence-corrected chi connectivity index (χ1v) is 7.84. The Hall–Kier alpha value is -2.50. The van der Waals surface area contributed by atoms with Gasteiger partial charge in [0.25, 0.3) is 0 Å². The van der Waals surface area contributed by atoms with Crippen LogP contribution in [-0.2, 0) is 4.79 Å². The zero-order chi connectivity index (χ0) is 27.3. The molecule has 0 saturated heterocycles. The molecular weight excluding hydrogens is 533 g/mol. The lowest BCUT2D eigenvalue weighted by Gasteiger charge is -2.42. The fraction of sp³-hybridized carbons (Fsp3) is 0.533. The number of anilines is 1. The van der Waals surface area contributed by atoms with Crippen molar-refractivity contribution < 1.29 is 79.4 Å². The van der Waals surface area contributed by atoms with Gasteiger partial charge in [-0.15, -0.1) is 0 Å². The highest BCUT2D eigenvalue weighted by atomic mass is 19.4. The summed E-state index contributed by atoms with van der Waals surface area (Å²) in [6, 6.07) is 2.23. The number of carbonyl (C=O) groups excluding carboxylic acids is 1. The first-order valence-electron chi connectivity index (χ1n) is 7.84. The highest BCUT2D eigenvalue weighted by molar-refractivity contribution is 5.97. The monoisotopic (exact) mass is 539 g/mol. The van der Waals surface area contributed by atoms with Gasteiger partial charge < -0.3 is 5.32 Å². The second-order valence-corrected chi connectivity index (χ2v) is 6.30. The average Bonchev–Trinajstić information content (AvgIpc) is 2.68. The molecule has 2 nitrogen and oxygen atoms in total. The predicted octanol–water partition coefficient (Wildman–Crippen LogP) is 6.48. The normalized spacial score (nSPS) is 15.0. The summed E-state index contributed by atoms with van der Waals surface area (Å²) in [5, 5.41) is 0.511. The van der Waals surface area contributed by atoms with E-state index in [1.807, 2.05) is 0 Å². The molecule has 0 aliphatic heterocycles. The van der Waals surface area contributed by atoms with Crippen LogP contribution >= 0.6 is 0 Å². The predicted molar refractivity (Wildman–Crippen MR) is 75.7 cm³/mol. The van der Waals surface area contributed by atoms with Crippen molar-refractivity contribution >= 4 is 11.6 Å². The van der Waals surface area contributed by atoms with E-state index in [2.05, 4.69) is 0 Å². The number of para-hydroxylation sites is 1. The summed E-state index contributed by atoms with van der Waals surface area (Å²) in [5.74, 6) is -62.2. The molecule has 0 atom stereocenters. The molecule has 34 heavy (non-hydrogen) atoms. The Morgan fingerprint density at radius 3 is 1.44 bits per heavy atom. The highest BCUT2D eigenvalue weighted by Gasteiger charge is 2.94. The van der Waals surface area contributed by atoms with E-state index in [1.165, 1.54) is 0 Å². The molecule has 19 heteroatoms. The zero-order valence-electron chi connectivity index (χ0n) is 15.2. The van der Waals surface area contributed by atoms with Gasteiger partial charge in [0, 0.05) is 0 Å². The van der Waals surface area contributed by atoms with Crippen LogP contribution < -0.4 is 5.32 Å². The molecule has 0 heterocycles. The van der Waals surface area contributed by atoms with Crippen LogP contribution in [-0.4, -0.2) is 53.8 Å². The van der Waals surface area contributed by atoms with E-state index in [4.69, 9.17) is 0 Å². The maximum absolute atomic E-state index is 13.7. The van der Waals surface area contributed by atoms with Gasteiger partial charge in [0.05, 0.1) is 5.69 Å². The van der Waals surface area contributed by atoms with Crippen molar-refractivity contribution in [3.8, 4) is 0 Å². The summed E-state index contributed by atoms with van der Waals surface area (Å²) >= 11 is 0. The Balaban J connectivity index is 3.56. The Kier molecular flexibility index (Phi) is 7.22.